The minimum Gasteiger partial charge on any atom is -0.225 e. The number of aromatic nitrogens is 1. The van der Waals surface area contributed by atoms with Crippen LogP contribution in [0.15, 0.2) is 29.6 Å². The van der Waals surface area contributed by atoms with Crippen molar-refractivity contribution in [1.29, 1.82) is 0 Å². The molecule has 1 heterocycles. The largest absolute Gasteiger partial charge is 0.225 e. The third kappa shape index (κ3) is 1.87. The van der Waals surface area contributed by atoms with Gasteiger partial charge in [0.25, 0.3) is 0 Å². The lowest BCUT2D eigenvalue weighted by Crippen LogP contribution is -1.77. The fourth-order valence-corrected chi connectivity index (χ4v) is 1.78. The molecule has 1 aromatic carbocycles. The first-order valence-corrected chi connectivity index (χ1v) is 4.88. The summed E-state index contributed by atoms with van der Waals surface area (Å²) in [6.45, 7) is 0. The molecule has 2 rings (SSSR count). The minimum atomic E-state index is -0.245. The van der Waals surface area contributed by atoms with Gasteiger partial charge in [0.2, 0.25) is 0 Å². The van der Waals surface area contributed by atoms with E-state index >= 15 is 0 Å². The maximum absolute atomic E-state index is 12.6. The van der Waals surface area contributed by atoms with Gasteiger partial charge >= 0.3 is 0 Å². The molecule has 0 saturated heterocycles. The fraction of sp³-hybridized carbons (Fsp3) is 0. The molecule has 13 heavy (non-hydrogen) atoms. The summed E-state index contributed by atoms with van der Waals surface area (Å²) in [6, 6.07) is 6.17. The minimum absolute atomic E-state index is 0.245. The zero-order valence-electron chi connectivity index (χ0n) is 6.50. The van der Waals surface area contributed by atoms with E-state index in [4.69, 9.17) is 11.6 Å². The number of halogens is 2. The second kappa shape index (κ2) is 3.44. The van der Waals surface area contributed by atoms with Crippen molar-refractivity contribution in [3.05, 3.63) is 39.9 Å². The first-order chi connectivity index (χ1) is 6.25. The second-order valence-electron chi connectivity index (χ2n) is 2.49. The summed E-state index contributed by atoms with van der Waals surface area (Å²) in [4.78, 5) is 4.07. The summed E-state index contributed by atoms with van der Waals surface area (Å²) in [5.41, 5.74) is 1.67. The maximum atomic E-state index is 12.6. The molecular weight excluding hydrogens is 209 g/mol. The Morgan fingerprint density at radius 2 is 1.92 bits per heavy atom. The van der Waals surface area contributed by atoms with E-state index in [-0.39, 0.29) is 5.82 Å². The molecule has 4 heteroatoms. The van der Waals surface area contributed by atoms with E-state index in [1.807, 2.05) is 5.38 Å². The number of benzene rings is 1. The van der Waals surface area contributed by atoms with Crippen molar-refractivity contribution < 1.29 is 4.39 Å². The molecule has 0 fully saturated rings. The summed E-state index contributed by atoms with van der Waals surface area (Å²) in [7, 11) is 0. The Balaban J connectivity index is 2.41. The molecule has 0 radical (unpaired) electrons. The molecule has 1 nitrogen and oxygen atoms in total. The Hall–Kier alpha value is -0.930. The van der Waals surface area contributed by atoms with Crippen LogP contribution in [0.1, 0.15) is 0 Å². The van der Waals surface area contributed by atoms with Gasteiger partial charge in [0.05, 0.1) is 5.69 Å². The third-order valence-electron chi connectivity index (χ3n) is 1.62. The Kier molecular flexibility index (Phi) is 2.29. The Bertz CT molecular complexity index is 410. The van der Waals surface area contributed by atoms with E-state index in [1.54, 1.807) is 12.1 Å². The molecule has 0 N–H and O–H groups in total. The smallest absolute Gasteiger partial charge is 0.184 e. The van der Waals surface area contributed by atoms with Crippen LogP contribution in [-0.2, 0) is 0 Å². The molecule has 0 aliphatic rings. The molecular formula is C9H5ClFNS. The average Bonchev–Trinajstić information content (AvgIpc) is 2.53. The van der Waals surface area contributed by atoms with Gasteiger partial charge in [-0.1, -0.05) is 11.6 Å². The van der Waals surface area contributed by atoms with Crippen LogP contribution in [0.5, 0.6) is 0 Å². The standard InChI is InChI=1S/C9H5ClFNS/c10-9-12-8(5-13-9)6-1-3-7(11)4-2-6/h1-5H. The predicted molar refractivity (Wildman–Crippen MR) is 52.5 cm³/mol. The van der Waals surface area contributed by atoms with Crippen molar-refractivity contribution >= 4 is 22.9 Å². The highest BCUT2D eigenvalue weighted by atomic mass is 35.5. The van der Waals surface area contributed by atoms with E-state index in [9.17, 15) is 4.39 Å². The van der Waals surface area contributed by atoms with Gasteiger partial charge in [-0.3, -0.25) is 0 Å². The van der Waals surface area contributed by atoms with Gasteiger partial charge in [-0.15, -0.1) is 11.3 Å². The molecule has 0 amide bonds. The van der Waals surface area contributed by atoms with E-state index in [2.05, 4.69) is 4.98 Å². The van der Waals surface area contributed by atoms with Gasteiger partial charge in [0.1, 0.15) is 5.82 Å². The monoisotopic (exact) mass is 213 g/mol. The molecule has 0 saturated carbocycles. The molecule has 66 valence electrons. The zero-order valence-corrected chi connectivity index (χ0v) is 8.07. The lowest BCUT2D eigenvalue weighted by atomic mass is 10.2. The molecule has 0 unspecified atom stereocenters. The molecule has 0 bridgehead atoms. The van der Waals surface area contributed by atoms with Crippen LogP contribution in [0.4, 0.5) is 4.39 Å². The second-order valence-corrected chi connectivity index (χ2v) is 3.93. The Labute approximate surface area is 83.8 Å². The number of rotatable bonds is 1. The Morgan fingerprint density at radius 1 is 1.23 bits per heavy atom. The molecule has 2 aromatic rings. The van der Waals surface area contributed by atoms with Crippen LogP contribution >= 0.6 is 22.9 Å². The highest BCUT2D eigenvalue weighted by Crippen LogP contribution is 2.24. The highest BCUT2D eigenvalue weighted by molar-refractivity contribution is 7.14. The van der Waals surface area contributed by atoms with Crippen LogP contribution in [0.2, 0.25) is 4.47 Å². The van der Waals surface area contributed by atoms with Crippen LogP contribution in [0.25, 0.3) is 11.3 Å². The number of hydrogen-bond donors (Lipinski definition) is 0. The van der Waals surface area contributed by atoms with Gasteiger partial charge in [0.15, 0.2) is 4.47 Å². The van der Waals surface area contributed by atoms with Crippen LogP contribution in [-0.4, -0.2) is 4.98 Å². The van der Waals surface area contributed by atoms with Crippen molar-refractivity contribution in [3.8, 4) is 11.3 Å². The lowest BCUT2D eigenvalue weighted by molar-refractivity contribution is 0.628. The summed E-state index contributed by atoms with van der Waals surface area (Å²) >= 11 is 7.04. The van der Waals surface area contributed by atoms with Gasteiger partial charge in [0, 0.05) is 10.9 Å². The van der Waals surface area contributed by atoms with Crippen LogP contribution in [0, 0.1) is 5.82 Å². The van der Waals surface area contributed by atoms with E-state index < -0.39 is 0 Å². The van der Waals surface area contributed by atoms with E-state index in [0.29, 0.717) is 4.47 Å². The number of thiazole rings is 1. The van der Waals surface area contributed by atoms with Gasteiger partial charge in [-0.25, -0.2) is 9.37 Å². The highest BCUT2D eigenvalue weighted by Gasteiger charge is 2.02. The van der Waals surface area contributed by atoms with Crippen molar-refractivity contribution in [3.63, 3.8) is 0 Å². The molecule has 0 aliphatic carbocycles. The molecule has 0 atom stereocenters. The van der Waals surface area contributed by atoms with Crippen molar-refractivity contribution in [2.45, 2.75) is 0 Å². The predicted octanol–water partition coefficient (Wildman–Crippen LogP) is 3.60. The normalized spacial score (nSPS) is 10.3. The van der Waals surface area contributed by atoms with Crippen molar-refractivity contribution in [2.75, 3.05) is 0 Å². The first kappa shape index (κ1) is 8.66. The maximum Gasteiger partial charge on any atom is 0.184 e. The van der Waals surface area contributed by atoms with E-state index in [0.717, 1.165) is 11.3 Å². The molecule has 0 spiro atoms. The first-order valence-electron chi connectivity index (χ1n) is 3.63. The zero-order chi connectivity index (χ0) is 9.26. The fourth-order valence-electron chi connectivity index (χ4n) is 1.01. The quantitative estimate of drug-likeness (QED) is 0.705. The SMILES string of the molecule is Fc1ccc(-c2csc(Cl)n2)cc1. The number of nitrogens with zero attached hydrogens (tertiary/aromatic N) is 1. The number of hydrogen-bond acceptors (Lipinski definition) is 2. The summed E-state index contributed by atoms with van der Waals surface area (Å²) in [6.07, 6.45) is 0. The molecule has 0 aliphatic heterocycles. The average molecular weight is 214 g/mol. The van der Waals surface area contributed by atoms with Crippen molar-refractivity contribution in [1.82, 2.24) is 4.98 Å². The summed E-state index contributed by atoms with van der Waals surface area (Å²) < 4.78 is 13.1. The van der Waals surface area contributed by atoms with Crippen molar-refractivity contribution in [2.24, 2.45) is 0 Å². The Morgan fingerprint density at radius 3 is 2.46 bits per heavy atom. The topological polar surface area (TPSA) is 12.9 Å². The molecule has 1 aromatic heterocycles. The van der Waals surface area contributed by atoms with Crippen LogP contribution in [0.3, 0.4) is 0 Å². The third-order valence-corrected chi connectivity index (χ3v) is 2.59. The summed E-state index contributed by atoms with van der Waals surface area (Å²) in [5.74, 6) is -0.245. The van der Waals surface area contributed by atoms with Gasteiger partial charge in [-0.2, -0.15) is 0 Å². The van der Waals surface area contributed by atoms with Gasteiger partial charge in [-0.05, 0) is 24.3 Å². The van der Waals surface area contributed by atoms with Gasteiger partial charge < -0.3 is 0 Å². The van der Waals surface area contributed by atoms with E-state index in [1.165, 1.54) is 23.5 Å². The van der Waals surface area contributed by atoms with Crippen LogP contribution < -0.4 is 0 Å². The lowest BCUT2D eigenvalue weighted by Gasteiger charge is -1.94. The summed E-state index contributed by atoms with van der Waals surface area (Å²) in [5, 5.41) is 1.84.